The summed E-state index contributed by atoms with van der Waals surface area (Å²) >= 11 is 0. The fourth-order valence-electron chi connectivity index (χ4n) is 4.26. The van der Waals surface area contributed by atoms with E-state index in [1.165, 1.54) is 32.9 Å². The fourth-order valence-corrected chi connectivity index (χ4v) is 7.19. The van der Waals surface area contributed by atoms with Crippen molar-refractivity contribution in [3.63, 3.8) is 0 Å². The van der Waals surface area contributed by atoms with Gasteiger partial charge in [-0.05, 0) is 61.4 Å². The van der Waals surface area contributed by atoms with Gasteiger partial charge in [-0.25, -0.2) is 21.2 Å². The fraction of sp³-hybridized carbons (Fsp3) is 0.458. The van der Waals surface area contributed by atoms with E-state index in [4.69, 9.17) is 9.47 Å². The average Bonchev–Trinajstić information content (AvgIpc) is 2.92. The molecule has 2 aromatic rings. The van der Waals surface area contributed by atoms with Crippen molar-refractivity contribution in [2.45, 2.75) is 22.6 Å². The van der Waals surface area contributed by atoms with Crippen LogP contribution in [0.2, 0.25) is 0 Å². The van der Waals surface area contributed by atoms with Crippen LogP contribution in [0.5, 0.6) is 5.75 Å². The summed E-state index contributed by atoms with van der Waals surface area (Å²) in [5.41, 5.74) is 0. The van der Waals surface area contributed by atoms with Crippen LogP contribution in [0.1, 0.15) is 12.8 Å². The predicted molar refractivity (Wildman–Crippen MR) is 132 cm³/mol. The van der Waals surface area contributed by atoms with E-state index in [9.17, 15) is 26.0 Å². The maximum Gasteiger partial charge on any atom is 0.243 e. The van der Waals surface area contributed by atoms with E-state index in [0.717, 1.165) is 12.1 Å². The molecule has 0 unspecified atom stereocenters. The van der Waals surface area contributed by atoms with Crippen molar-refractivity contribution in [1.29, 1.82) is 0 Å². The van der Waals surface area contributed by atoms with Crippen LogP contribution in [0.3, 0.4) is 0 Å². The summed E-state index contributed by atoms with van der Waals surface area (Å²) in [4.78, 5) is 12.8. The summed E-state index contributed by atoms with van der Waals surface area (Å²) in [5, 5.41) is 2.77. The highest BCUT2D eigenvalue weighted by molar-refractivity contribution is 7.89. The molecule has 1 N–H and O–H groups in total. The van der Waals surface area contributed by atoms with Crippen LogP contribution in [0.25, 0.3) is 0 Å². The number of sulfonamides is 2. The zero-order valence-electron chi connectivity index (χ0n) is 20.2. The molecule has 2 aromatic carbocycles. The standard InChI is InChI=1S/C24H30FN3O7S2/c25-20-3-7-22(8-4-20)37(32,33)28-12-1-2-19(18-28)24(29)26-11-15-35-21-5-9-23(10-6-21)36(30,31)27-13-16-34-17-14-27/h3-10,19H,1-2,11-18H2,(H,26,29)/t19-/m1/s1. The number of halogens is 1. The molecule has 0 aromatic heterocycles. The molecule has 0 saturated carbocycles. The van der Waals surface area contributed by atoms with Gasteiger partial charge in [-0.2, -0.15) is 8.61 Å². The molecule has 2 fully saturated rings. The van der Waals surface area contributed by atoms with Gasteiger partial charge in [-0.15, -0.1) is 0 Å². The zero-order chi connectivity index (χ0) is 26.5. The molecule has 10 nitrogen and oxygen atoms in total. The quantitative estimate of drug-likeness (QED) is 0.465. The number of piperidine rings is 1. The molecule has 0 radical (unpaired) electrons. The number of amides is 1. The number of hydrogen-bond donors (Lipinski definition) is 1. The number of carbonyl (C=O) groups is 1. The second-order valence-electron chi connectivity index (χ2n) is 8.78. The number of ether oxygens (including phenoxy) is 2. The van der Waals surface area contributed by atoms with E-state index in [2.05, 4.69) is 5.32 Å². The number of hydrogen-bond acceptors (Lipinski definition) is 7. The SMILES string of the molecule is O=C(NCCOc1ccc(S(=O)(=O)N2CCOCC2)cc1)[C@@H]1CCCN(S(=O)(=O)c2ccc(F)cc2)C1. The van der Waals surface area contributed by atoms with E-state index >= 15 is 0 Å². The maximum absolute atomic E-state index is 13.2. The van der Waals surface area contributed by atoms with E-state index < -0.39 is 31.8 Å². The number of carbonyl (C=O) groups excluding carboxylic acids is 1. The van der Waals surface area contributed by atoms with Crippen molar-refractivity contribution in [2.24, 2.45) is 5.92 Å². The summed E-state index contributed by atoms with van der Waals surface area (Å²) in [7, 11) is -7.40. The maximum atomic E-state index is 13.2. The Bertz CT molecular complexity index is 1280. The Morgan fingerprint density at radius 2 is 1.51 bits per heavy atom. The van der Waals surface area contributed by atoms with Crippen LogP contribution in [0.15, 0.2) is 58.3 Å². The molecule has 2 saturated heterocycles. The van der Waals surface area contributed by atoms with Gasteiger partial charge < -0.3 is 14.8 Å². The van der Waals surface area contributed by atoms with Gasteiger partial charge in [0.1, 0.15) is 18.2 Å². The second kappa shape index (κ2) is 11.9. The van der Waals surface area contributed by atoms with Gasteiger partial charge in [0.05, 0.1) is 35.5 Å². The minimum atomic E-state index is -3.82. The average molecular weight is 556 g/mol. The highest BCUT2D eigenvalue weighted by atomic mass is 32.2. The van der Waals surface area contributed by atoms with Crippen LogP contribution in [-0.2, 0) is 29.6 Å². The highest BCUT2D eigenvalue weighted by Crippen LogP contribution is 2.24. The molecule has 202 valence electrons. The van der Waals surface area contributed by atoms with Crippen molar-refractivity contribution in [1.82, 2.24) is 13.9 Å². The third kappa shape index (κ3) is 6.65. The molecule has 0 aliphatic carbocycles. The lowest BCUT2D eigenvalue weighted by Gasteiger charge is -2.31. The normalized spacial score (nSPS) is 19.9. The minimum absolute atomic E-state index is 0.00729. The third-order valence-electron chi connectivity index (χ3n) is 6.31. The predicted octanol–water partition coefficient (Wildman–Crippen LogP) is 1.44. The molecule has 0 bridgehead atoms. The Morgan fingerprint density at radius 3 is 2.16 bits per heavy atom. The first-order valence-electron chi connectivity index (χ1n) is 12.0. The molecule has 37 heavy (non-hydrogen) atoms. The lowest BCUT2D eigenvalue weighted by atomic mass is 9.99. The van der Waals surface area contributed by atoms with Gasteiger partial charge in [-0.1, -0.05) is 0 Å². The van der Waals surface area contributed by atoms with Crippen molar-refractivity contribution in [3.05, 3.63) is 54.3 Å². The van der Waals surface area contributed by atoms with Crippen molar-refractivity contribution in [3.8, 4) is 5.75 Å². The van der Waals surface area contributed by atoms with Crippen molar-refractivity contribution < 1.29 is 35.5 Å². The topological polar surface area (TPSA) is 122 Å². The summed E-state index contributed by atoms with van der Waals surface area (Å²) in [6.45, 7) is 2.08. The second-order valence-corrected chi connectivity index (χ2v) is 12.7. The van der Waals surface area contributed by atoms with Crippen LogP contribution in [-0.4, -0.2) is 83.9 Å². The van der Waals surface area contributed by atoms with Gasteiger partial charge in [0.25, 0.3) is 0 Å². The largest absolute Gasteiger partial charge is 0.492 e. The minimum Gasteiger partial charge on any atom is -0.492 e. The summed E-state index contributed by atoms with van der Waals surface area (Å²) < 4.78 is 77.8. The molecule has 0 spiro atoms. The van der Waals surface area contributed by atoms with Crippen molar-refractivity contribution >= 4 is 26.0 Å². The zero-order valence-corrected chi connectivity index (χ0v) is 21.8. The summed E-state index contributed by atoms with van der Waals surface area (Å²) in [6, 6.07) is 10.7. The molecule has 1 atom stereocenters. The molecule has 4 rings (SSSR count). The van der Waals surface area contributed by atoms with Crippen LogP contribution < -0.4 is 10.1 Å². The molecule has 2 aliphatic rings. The van der Waals surface area contributed by atoms with E-state index in [1.54, 1.807) is 12.1 Å². The number of benzene rings is 2. The first kappa shape index (κ1) is 27.5. The Balaban J connectivity index is 1.24. The Hall–Kier alpha value is -2.58. The van der Waals surface area contributed by atoms with E-state index in [1.807, 2.05) is 0 Å². The van der Waals surface area contributed by atoms with Crippen LogP contribution >= 0.6 is 0 Å². The molecule has 13 heteroatoms. The van der Waals surface area contributed by atoms with Gasteiger partial charge in [0.2, 0.25) is 26.0 Å². The van der Waals surface area contributed by atoms with Crippen molar-refractivity contribution in [2.75, 3.05) is 52.5 Å². The smallest absolute Gasteiger partial charge is 0.243 e. The summed E-state index contributed by atoms with van der Waals surface area (Å²) in [6.07, 6.45) is 1.09. The number of nitrogens with one attached hydrogen (secondary N) is 1. The van der Waals surface area contributed by atoms with Crippen LogP contribution in [0.4, 0.5) is 4.39 Å². The molecular weight excluding hydrogens is 525 g/mol. The number of rotatable bonds is 9. The lowest BCUT2D eigenvalue weighted by Crippen LogP contribution is -2.45. The first-order valence-corrected chi connectivity index (χ1v) is 14.9. The van der Waals surface area contributed by atoms with Gasteiger partial charge in [0, 0.05) is 26.2 Å². The first-order chi connectivity index (χ1) is 17.7. The number of morpholine rings is 1. The van der Waals surface area contributed by atoms with E-state index in [0.29, 0.717) is 51.4 Å². The molecular formula is C24H30FN3O7S2. The Kier molecular flexibility index (Phi) is 8.80. The lowest BCUT2D eigenvalue weighted by molar-refractivity contribution is -0.126. The van der Waals surface area contributed by atoms with Gasteiger partial charge in [0.15, 0.2) is 0 Å². The molecule has 2 heterocycles. The summed E-state index contributed by atoms with van der Waals surface area (Å²) in [5.74, 6) is -0.835. The molecule has 2 aliphatic heterocycles. The van der Waals surface area contributed by atoms with Gasteiger partial charge in [-0.3, -0.25) is 4.79 Å². The van der Waals surface area contributed by atoms with E-state index in [-0.39, 0.29) is 35.4 Å². The monoisotopic (exact) mass is 555 g/mol. The third-order valence-corrected chi connectivity index (χ3v) is 10.1. The number of nitrogens with zero attached hydrogens (tertiary/aromatic N) is 2. The Labute approximate surface area is 216 Å². The van der Waals surface area contributed by atoms with Gasteiger partial charge >= 0.3 is 0 Å². The highest BCUT2D eigenvalue weighted by Gasteiger charge is 2.33. The Morgan fingerprint density at radius 1 is 0.919 bits per heavy atom. The molecule has 1 amide bonds. The van der Waals surface area contributed by atoms with Crippen LogP contribution in [0, 0.1) is 11.7 Å².